The maximum atomic E-state index is 13.0. The summed E-state index contributed by atoms with van der Waals surface area (Å²) in [6.45, 7) is 1.61. The van der Waals surface area contributed by atoms with Crippen molar-refractivity contribution < 1.29 is 31.7 Å². The number of benzene rings is 3. The molecule has 1 aliphatic rings. The van der Waals surface area contributed by atoms with Gasteiger partial charge < -0.3 is 9.47 Å². The third-order valence-electron chi connectivity index (χ3n) is 5.95. The van der Waals surface area contributed by atoms with Crippen LogP contribution < -0.4 is 0 Å². The van der Waals surface area contributed by atoms with Gasteiger partial charge in [-0.1, -0.05) is 55.5 Å². The smallest absolute Gasteiger partial charge is 0.338 e. The van der Waals surface area contributed by atoms with E-state index in [2.05, 4.69) is 0 Å². The average molecular weight is 495 g/mol. The molecule has 0 aromatic heterocycles. The fourth-order valence-electron chi connectivity index (χ4n) is 3.71. The number of aryl methyl sites for hydroxylation is 1. The third-order valence-corrected chi connectivity index (χ3v) is 7.35. The Labute approximate surface area is 204 Å². The predicted molar refractivity (Wildman–Crippen MR) is 128 cm³/mol. The molecule has 182 valence electrons. The molecule has 2 atom stereocenters. The molecule has 7 nitrogen and oxygen atoms in total. The van der Waals surface area contributed by atoms with E-state index < -0.39 is 33.6 Å². The molecule has 1 saturated carbocycles. The largest absolute Gasteiger partial charge is 0.462 e. The number of esters is 2. The highest BCUT2D eigenvalue weighted by atomic mass is 32.2. The zero-order valence-corrected chi connectivity index (χ0v) is 20.1. The molecule has 35 heavy (non-hydrogen) atoms. The topological polar surface area (TPSA) is 96.0 Å². The van der Waals surface area contributed by atoms with Gasteiger partial charge >= 0.3 is 11.9 Å². The monoisotopic (exact) mass is 494 g/mol. The average Bonchev–Trinajstić information content (AvgIpc) is 3.58. The molecule has 2 unspecified atom stereocenters. The number of carbonyl (C=O) groups is 2. The van der Waals surface area contributed by atoms with Crippen molar-refractivity contribution in [1.29, 1.82) is 0 Å². The maximum absolute atomic E-state index is 13.0. The number of carbonyl (C=O) groups excluding carboxylic acids is 2. The second kappa shape index (κ2) is 10.4. The van der Waals surface area contributed by atoms with Crippen molar-refractivity contribution in [2.75, 3.05) is 13.2 Å². The molecule has 0 spiro atoms. The summed E-state index contributed by atoms with van der Waals surface area (Å²) in [6.07, 6.45) is 1.03. The van der Waals surface area contributed by atoms with E-state index >= 15 is 0 Å². The molecule has 0 bridgehead atoms. The van der Waals surface area contributed by atoms with Crippen molar-refractivity contribution in [3.8, 4) is 0 Å². The fourth-order valence-corrected chi connectivity index (χ4v) is 4.96. The number of ether oxygens (including phenoxy) is 2. The molecular formula is C27H26O7S. The number of hydrogen-bond acceptors (Lipinski definition) is 7. The molecule has 0 saturated heterocycles. The lowest BCUT2D eigenvalue weighted by Gasteiger charge is -2.19. The van der Waals surface area contributed by atoms with E-state index in [4.69, 9.17) is 13.7 Å². The zero-order chi connectivity index (χ0) is 24.9. The van der Waals surface area contributed by atoms with Crippen LogP contribution >= 0.6 is 0 Å². The van der Waals surface area contributed by atoms with Crippen LogP contribution in [-0.4, -0.2) is 39.2 Å². The molecule has 0 aliphatic heterocycles. The van der Waals surface area contributed by atoms with Crippen LogP contribution in [0.2, 0.25) is 0 Å². The molecule has 3 aromatic rings. The summed E-state index contributed by atoms with van der Waals surface area (Å²) in [4.78, 5) is 24.8. The van der Waals surface area contributed by atoms with E-state index in [0.29, 0.717) is 11.1 Å². The quantitative estimate of drug-likeness (QED) is 0.304. The van der Waals surface area contributed by atoms with Crippen molar-refractivity contribution in [2.45, 2.75) is 30.3 Å². The highest BCUT2D eigenvalue weighted by Crippen LogP contribution is 2.49. The number of hydrogen-bond donors (Lipinski definition) is 0. The predicted octanol–water partition coefficient (Wildman–Crippen LogP) is 4.43. The van der Waals surface area contributed by atoms with Crippen LogP contribution in [0.3, 0.4) is 0 Å². The van der Waals surface area contributed by atoms with Gasteiger partial charge in [0.05, 0.1) is 22.6 Å². The first-order valence-electron chi connectivity index (χ1n) is 11.3. The summed E-state index contributed by atoms with van der Waals surface area (Å²) in [5.41, 5.74) is 0.406. The Morgan fingerprint density at radius 1 is 0.829 bits per heavy atom. The molecule has 0 amide bonds. The minimum Gasteiger partial charge on any atom is -0.462 e. The lowest BCUT2D eigenvalue weighted by molar-refractivity contribution is 0.0150. The van der Waals surface area contributed by atoms with Gasteiger partial charge in [0, 0.05) is 5.92 Å². The lowest BCUT2D eigenvalue weighted by atomic mass is 10.2. The maximum Gasteiger partial charge on any atom is 0.338 e. The van der Waals surface area contributed by atoms with Crippen molar-refractivity contribution >= 4 is 22.1 Å². The van der Waals surface area contributed by atoms with Gasteiger partial charge in [-0.3, -0.25) is 4.18 Å². The highest BCUT2D eigenvalue weighted by molar-refractivity contribution is 7.86. The van der Waals surface area contributed by atoms with Crippen LogP contribution in [0.5, 0.6) is 0 Å². The SMILES string of the molecule is CCc1ccc(S(=O)(=O)OC2(COC(=O)c3ccccc3)CC2COC(=O)c2ccccc2)cc1. The molecule has 0 N–H and O–H groups in total. The standard InChI is InChI=1S/C27H26O7S/c1-2-20-13-15-24(16-14-20)35(30,31)34-27(19-33-26(29)22-11-7-4-8-12-22)17-23(27)18-32-25(28)21-9-5-3-6-10-21/h3-16,23H,2,17-19H2,1H3. The summed E-state index contributed by atoms with van der Waals surface area (Å²) < 4.78 is 42.5. The Kier molecular flexibility index (Phi) is 7.33. The minimum absolute atomic E-state index is 0.00962. The van der Waals surface area contributed by atoms with Crippen molar-refractivity contribution in [2.24, 2.45) is 5.92 Å². The third kappa shape index (κ3) is 5.96. The summed E-state index contributed by atoms with van der Waals surface area (Å²) in [5, 5.41) is 0. The van der Waals surface area contributed by atoms with Crippen LogP contribution in [0, 0.1) is 5.92 Å². The van der Waals surface area contributed by atoms with E-state index in [1.54, 1.807) is 72.8 Å². The fraction of sp³-hybridized carbons (Fsp3) is 0.259. The highest BCUT2D eigenvalue weighted by Gasteiger charge is 2.60. The zero-order valence-electron chi connectivity index (χ0n) is 19.3. The first-order valence-corrected chi connectivity index (χ1v) is 12.7. The van der Waals surface area contributed by atoms with Crippen molar-refractivity contribution in [3.63, 3.8) is 0 Å². The van der Waals surface area contributed by atoms with Gasteiger partial charge in [-0.05, 0) is 54.8 Å². The van der Waals surface area contributed by atoms with Crippen LogP contribution in [0.25, 0.3) is 0 Å². The molecule has 8 heteroatoms. The number of rotatable bonds is 10. The molecule has 1 aliphatic carbocycles. The Morgan fingerprint density at radius 3 is 1.91 bits per heavy atom. The molecule has 3 aromatic carbocycles. The Hall–Kier alpha value is -3.49. The summed E-state index contributed by atoms with van der Waals surface area (Å²) >= 11 is 0. The summed E-state index contributed by atoms with van der Waals surface area (Å²) in [6, 6.07) is 23.3. The Balaban J connectivity index is 1.48. The van der Waals surface area contributed by atoms with Crippen LogP contribution in [-0.2, 0) is 30.2 Å². The van der Waals surface area contributed by atoms with E-state index in [9.17, 15) is 18.0 Å². The van der Waals surface area contributed by atoms with Crippen LogP contribution in [0.15, 0.2) is 89.8 Å². The van der Waals surface area contributed by atoms with Gasteiger partial charge in [0.1, 0.15) is 12.2 Å². The minimum atomic E-state index is -4.15. The molecular weight excluding hydrogens is 468 g/mol. The first-order chi connectivity index (χ1) is 16.8. The van der Waals surface area contributed by atoms with E-state index in [1.165, 1.54) is 12.1 Å². The molecule has 1 fully saturated rings. The summed E-state index contributed by atoms with van der Waals surface area (Å²) in [5.74, 6) is -1.57. The van der Waals surface area contributed by atoms with E-state index in [0.717, 1.165) is 12.0 Å². The second-order valence-electron chi connectivity index (χ2n) is 8.41. The van der Waals surface area contributed by atoms with Gasteiger partial charge in [-0.15, -0.1) is 0 Å². The van der Waals surface area contributed by atoms with Gasteiger partial charge in [-0.25, -0.2) is 9.59 Å². The second-order valence-corrected chi connectivity index (χ2v) is 9.95. The van der Waals surface area contributed by atoms with Crippen LogP contribution in [0.1, 0.15) is 39.6 Å². The summed E-state index contributed by atoms with van der Waals surface area (Å²) in [7, 11) is -4.15. The molecule has 4 rings (SSSR count). The molecule has 0 heterocycles. The van der Waals surface area contributed by atoms with E-state index in [-0.39, 0.29) is 24.5 Å². The lowest BCUT2D eigenvalue weighted by Crippen LogP contribution is -2.31. The normalized spacial score (nSPS) is 19.1. The molecule has 0 radical (unpaired) electrons. The Bertz CT molecular complexity index is 1270. The van der Waals surface area contributed by atoms with Gasteiger partial charge in [0.25, 0.3) is 10.1 Å². The van der Waals surface area contributed by atoms with Gasteiger partial charge in [-0.2, -0.15) is 8.42 Å². The van der Waals surface area contributed by atoms with Crippen LogP contribution in [0.4, 0.5) is 0 Å². The van der Waals surface area contributed by atoms with Crippen molar-refractivity contribution in [3.05, 3.63) is 102 Å². The Morgan fingerprint density at radius 2 is 1.37 bits per heavy atom. The first kappa shape index (κ1) is 24.6. The van der Waals surface area contributed by atoms with Gasteiger partial charge in [0.15, 0.2) is 0 Å². The van der Waals surface area contributed by atoms with Crippen molar-refractivity contribution in [1.82, 2.24) is 0 Å². The van der Waals surface area contributed by atoms with E-state index in [1.807, 2.05) is 6.92 Å². The van der Waals surface area contributed by atoms with Gasteiger partial charge in [0.2, 0.25) is 0 Å².